The average molecular weight is 241 g/mol. The van der Waals surface area contributed by atoms with Crippen molar-refractivity contribution in [2.24, 2.45) is 0 Å². The maximum Gasteiger partial charge on any atom is 0.131 e. The average Bonchev–Trinajstić information content (AvgIpc) is 2.40. The van der Waals surface area contributed by atoms with Crippen LogP contribution in [0.25, 0.3) is 11.1 Å². The number of benzene rings is 2. The SMILES string of the molecule is CC(C#N)c1ccccc1-c1cc(O)ccc1F. The van der Waals surface area contributed by atoms with Crippen molar-refractivity contribution in [1.82, 2.24) is 0 Å². The first-order chi connectivity index (χ1) is 8.63. The van der Waals surface area contributed by atoms with Crippen molar-refractivity contribution < 1.29 is 9.50 Å². The lowest BCUT2D eigenvalue weighted by molar-refractivity contribution is 0.473. The fourth-order valence-electron chi connectivity index (χ4n) is 1.91. The summed E-state index contributed by atoms with van der Waals surface area (Å²) in [6.45, 7) is 1.76. The molecule has 0 aliphatic rings. The Morgan fingerprint density at radius 3 is 2.61 bits per heavy atom. The predicted octanol–water partition coefficient (Wildman–Crippen LogP) is 3.83. The van der Waals surface area contributed by atoms with Gasteiger partial charge in [0.05, 0.1) is 12.0 Å². The van der Waals surface area contributed by atoms with Crippen molar-refractivity contribution in [2.75, 3.05) is 0 Å². The summed E-state index contributed by atoms with van der Waals surface area (Å²) >= 11 is 0. The van der Waals surface area contributed by atoms with E-state index in [-0.39, 0.29) is 11.7 Å². The van der Waals surface area contributed by atoms with Gasteiger partial charge in [-0.15, -0.1) is 0 Å². The Hall–Kier alpha value is -2.34. The molecule has 0 radical (unpaired) electrons. The maximum atomic E-state index is 13.8. The van der Waals surface area contributed by atoms with Crippen molar-refractivity contribution in [3.05, 3.63) is 53.8 Å². The Kier molecular flexibility index (Phi) is 3.29. The van der Waals surface area contributed by atoms with Gasteiger partial charge in [0.15, 0.2) is 0 Å². The zero-order valence-electron chi connectivity index (χ0n) is 9.89. The molecule has 2 aromatic rings. The molecule has 1 N–H and O–H groups in total. The van der Waals surface area contributed by atoms with Crippen LogP contribution in [0.4, 0.5) is 4.39 Å². The van der Waals surface area contributed by atoms with E-state index in [1.165, 1.54) is 18.2 Å². The smallest absolute Gasteiger partial charge is 0.131 e. The zero-order valence-corrected chi connectivity index (χ0v) is 9.89. The molecule has 18 heavy (non-hydrogen) atoms. The first kappa shape index (κ1) is 12.1. The Bertz CT molecular complexity index is 616. The van der Waals surface area contributed by atoms with E-state index in [1.807, 2.05) is 6.07 Å². The van der Waals surface area contributed by atoms with E-state index >= 15 is 0 Å². The van der Waals surface area contributed by atoms with E-state index in [9.17, 15) is 9.50 Å². The van der Waals surface area contributed by atoms with Crippen LogP contribution in [0.1, 0.15) is 18.4 Å². The summed E-state index contributed by atoms with van der Waals surface area (Å²) in [4.78, 5) is 0. The minimum Gasteiger partial charge on any atom is -0.508 e. The number of hydrogen-bond acceptors (Lipinski definition) is 2. The summed E-state index contributed by atoms with van der Waals surface area (Å²) in [6, 6.07) is 13.2. The van der Waals surface area contributed by atoms with E-state index in [1.54, 1.807) is 25.1 Å². The molecule has 90 valence electrons. The largest absolute Gasteiger partial charge is 0.508 e. The number of phenolic OH excluding ortho intramolecular Hbond substituents is 1. The molecule has 2 nitrogen and oxygen atoms in total. The van der Waals surface area contributed by atoms with Crippen LogP contribution < -0.4 is 0 Å². The van der Waals surface area contributed by atoms with Gasteiger partial charge in [0.2, 0.25) is 0 Å². The third-order valence-corrected chi connectivity index (χ3v) is 2.86. The van der Waals surface area contributed by atoms with Crippen LogP contribution in [-0.2, 0) is 0 Å². The Morgan fingerprint density at radius 2 is 1.89 bits per heavy atom. The lowest BCUT2D eigenvalue weighted by atomic mass is 9.92. The van der Waals surface area contributed by atoms with E-state index < -0.39 is 5.82 Å². The van der Waals surface area contributed by atoms with Gasteiger partial charge in [-0.3, -0.25) is 0 Å². The number of nitrogens with zero attached hydrogens (tertiary/aromatic N) is 1. The summed E-state index contributed by atoms with van der Waals surface area (Å²) in [5, 5.41) is 18.4. The van der Waals surface area contributed by atoms with Crippen molar-refractivity contribution in [3.8, 4) is 22.9 Å². The number of aromatic hydroxyl groups is 1. The molecule has 1 unspecified atom stereocenters. The van der Waals surface area contributed by atoms with Crippen molar-refractivity contribution >= 4 is 0 Å². The van der Waals surface area contributed by atoms with Gasteiger partial charge in [-0.2, -0.15) is 5.26 Å². The van der Waals surface area contributed by atoms with Crippen LogP contribution in [-0.4, -0.2) is 5.11 Å². The number of nitriles is 1. The van der Waals surface area contributed by atoms with Gasteiger partial charge < -0.3 is 5.11 Å². The molecule has 3 heteroatoms. The van der Waals surface area contributed by atoms with Crippen LogP contribution >= 0.6 is 0 Å². The quantitative estimate of drug-likeness (QED) is 0.868. The molecular formula is C15H12FNO. The third-order valence-electron chi connectivity index (χ3n) is 2.86. The molecule has 0 spiro atoms. The standard InChI is InChI=1S/C15H12FNO/c1-10(9-17)12-4-2-3-5-13(12)14-8-11(18)6-7-15(14)16/h2-8,10,18H,1H3. The normalized spacial score (nSPS) is 11.8. The first-order valence-corrected chi connectivity index (χ1v) is 5.61. The lowest BCUT2D eigenvalue weighted by Crippen LogP contribution is -1.95. The van der Waals surface area contributed by atoms with Gasteiger partial charge >= 0.3 is 0 Å². The third kappa shape index (κ3) is 2.18. The second-order valence-corrected chi connectivity index (χ2v) is 4.10. The molecule has 0 fully saturated rings. The molecule has 0 amide bonds. The number of rotatable bonds is 2. The maximum absolute atomic E-state index is 13.8. The summed E-state index contributed by atoms with van der Waals surface area (Å²) in [6.07, 6.45) is 0. The minimum absolute atomic E-state index is 0.00538. The van der Waals surface area contributed by atoms with Gasteiger partial charge in [0.25, 0.3) is 0 Å². The van der Waals surface area contributed by atoms with Crippen LogP contribution in [0.3, 0.4) is 0 Å². The van der Waals surface area contributed by atoms with E-state index in [4.69, 9.17) is 5.26 Å². The van der Waals surface area contributed by atoms with Crippen LogP contribution in [0.2, 0.25) is 0 Å². The van der Waals surface area contributed by atoms with Gasteiger partial charge in [0.1, 0.15) is 11.6 Å². The molecule has 0 aliphatic heterocycles. The fourth-order valence-corrected chi connectivity index (χ4v) is 1.91. The highest BCUT2D eigenvalue weighted by atomic mass is 19.1. The highest BCUT2D eigenvalue weighted by Gasteiger charge is 2.14. The highest BCUT2D eigenvalue weighted by molar-refractivity contribution is 5.70. The van der Waals surface area contributed by atoms with Crippen molar-refractivity contribution in [1.29, 1.82) is 5.26 Å². The summed E-state index contributed by atoms with van der Waals surface area (Å²) in [7, 11) is 0. The number of phenols is 1. The molecule has 2 aromatic carbocycles. The topological polar surface area (TPSA) is 44.0 Å². The van der Waals surface area contributed by atoms with Crippen LogP contribution in [0.15, 0.2) is 42.5 Å². The molecule has 0 saturated carbocycles. The Labute approximate surface area is 105 Å². The monoisotopic (exact) mass is 241 g/mol. The second-order valence-electron chi connectivity index (χ2n) is 4.10. The van der Waals surface area contributed by atoms with Crippen molar-refractivity contribution in [2.45, 2.75) is 12.8 Å². The molecule has 0 aliphatic carbocycles. The molecule has 0 aromatic heterocycles. The molecule has 0 saturated heterocycles. The van der Waals surface area contributed by atoms with Crippen molar-refractivity contribution in [3.63, 3.8) is 0 Å². The number of hydrogen-bond donors (Lipinski definition) is 1. The molecule has 1 atom stereocenters. The summed E-state index contributed by atoms with van der Waals surface area (Å²) in [5.41, 5.74) is 1.71. The zero-order chi connectivity index (χ0) is 13.1. The van der Waals surface area contributed by atoms with Crippen LogP contribution in [0.5, 0.6) is 5.75 Å². The van der Waals surface area contributed by atoms with Gasteiger partial charge in [-0.05, 0) is 36.2 Å². The predicted molar refractivity (Wildman–Crippen MR) is 67.5 cm³/mol. The van der Waals surface area contributed by atoms with Gasteiger partial charge in [-0.25, -0.2) is 4.39 Å². The molecule has 2 rings (SSSR count). The summed E-state index contributed by atoms with van der Waals surface area (Å²) in [5.74, 6) is -0.737. The highest BCUT2D eigenvalue weighted by Crippen LogP contribution is 2.32. The minimum atomic E-state index is -0.412. The Morgan fingerprint density at radius 1 is 1.17 bits per heavy atom. The van der Waals surface area contributed by atoms with E-state index in [0.717, 1.165) is 5.56 Å². The molecule has 0 bridgehead atoms. The summed E-state index contributed by atoms with van der Waals surface area (Å²) < 4.78 is 13.8. The number of halogens is 1. The van der Waals surface area contributed by atoms with Crippen LogP contribution in [0, 0.1) is 17.1 Å². The molecule has 0 heterocycles. The lowest BCUT2D eigenvalue weighted by Gasteiger charge is -2.12. The van der Waals surface area contributed by atoms with E-state index in [0.29, 0.717) is 11.1 Å². The van der Waals surface area contributed by atoms with Gasteiger partial charge in [-0.1, -0.05) is 24.3 Å². The van der Waals surface area contributed by atoms with E-state index in [2.05, 4.69) is 6.07 Å². The molecular weight excluding hydrogens is 229 g/mol. The fraction of sp³-hybridized carbons (Fsp3) is 0.133. The first-order valence-electron chi connectivity index (χ1n) is 5.61. The second kappa shape index (κ2) is 4.89. The van der Waals surface area contributed by atoms with Gasteiger partial charge in [0, 0.05) is 5.56 Å². The Balaban J connectivity index is 2.64.